The van der Waals surface area contributed by atoms with E-state index in [9.17, 15) is 4.79 Å². The van der Waals surface area contributed by atoms with Crippen LogP contribution in [0.2, 0.25) is 0 Å². The van der Waals surface area contributed by atoms with Crippen LogP contribution in [0.3, 0.4) is 0 Å². The highest BCUT2D eigenvalue weighted by Crippen LogP contribution is 2.21. The summed E-state index contributed by atoms with van der Waals surface area (Å²) < 4.78 is 5.63. The number of unbranched alkanes of at least 4 members (excludes halogenated alkanes) is 1. The molecule has 1 atom stereocenters. The molecule has 0 aromatic heterocycles. The molecule has 2 aliphatic rings. The summed E-state index contributed by atoms with van der Waals surface area (Å²) in [5.41, 5.74) is 2.59. The number of rotatable bonds is 6. The van der Waals surface area contributed by atoms with Crippen LogP contribution in [0.25, 0.3) is 0 Å². The van der Waals surface area contributed by atoms with Gasteiger partial charge in [-0.3, -0.25) is 0 Å². The van der Waals surface area contributed by atoms with E-state index in [4.69, 9.17) is 4.74 Å². The zero-order chi connectivity index (χ0) is 17.5. The van der Waals surface area contributed by atoms with E-state index in [1.54, 1.807) is 0 Å². The fraction of sp³-hybridized carbons (Fsp3) is 0.650. The molecule has 0 spiro atoms. The first-order chi connectivity index (χ1) is 12.2. The number of benzene rings is 1. The average molecular weight is 345 g/mol. The zero-order valence-electron chi connectivity index (χ0n) is 15.4. The second-order valence-electron chi connectivity index (χ2n) is 7.12. The van der Waals surface area contributed by atoms with Gasteiger partial charge < -0.3 is 19.9 Å². The maximum Gasteiger partial charge on any atom is 0.317 e. The van der Waals surface area contributed by atoms with Gasteiger partial charge in [-0.05, 0) is 50.7 Å². The largest absolute Gasteiger partial charge is 0.378 e. The number of aryl methyl sites for hydroxylation is 1. The quantitative estimate of drug-likeness (QED) is 0.806. The lowest BCUT2D eigenvalue weighted by Crippen LogP contribution is -2.52. The molecule has 0 bridgehead atoms. The summed E-state index contributed by atoms with van der Waals surface area (Å²) in [5.74, 6) is 0. The van der Waals surface area contributed by atoms with Gasteiger partial charge in [0.2, 0.25) is 0 Å². The van der Waals surface area contributed by atoms with Crippen LogP contribution in [0.4, 0.5) is 10.5 Å². The predicted octanol–water partition coefficient (Wildman–Crippen LogP) is 3.18. The molecule has 25 heavy (non-hydrogen) atoms. The Kier molecular flexibility index (Phi) is 6.56. The lowest BCUT2D eigenvalue weighted by molar-refractivity contribution is 0.102. The Morgan fingerprint density at radius 2 is 2.00 bits per heavy atom. The number of carbonyl (C=O) groups excluding carboxylic acids is 1. The summed E-state index contributed by atoms with van der Waals surface area (Å²) in [6.07, 6.45) is 6.17. The monoisotopic (exact) mass is 345 g/mol. The molecule has 2 saturated heterocycles. The van der Waals surface area contributed by atoms with Crippen molar-refractivity contribution in [3.8, 4) is 0 Å². The van der Waals surface area contributed by atoms with Crippen LogP contribution >= 0.6 is 0 Å². The molecule has 2 fully saturated rings. The number of nitrogens with zero attached hydrogens (tertiary/aromatic N) is 2. The van der Waals surface area contributed by atoms with Crippen molar-refractivity contribution in [1.82, 2.24) is 10.2 Å². The minimum absolute atomic E-state index is 0.0848. The van der Waals surface area contributed by atoms with Crippen LogP contribution < -0.4 is 10.2 Å². The molecule has 5 heteroatoms. The van der Waals surface area contributed by atoms with Crippen molar-refractivity contribution < 1.29 is 9.53 Å². The molecule has 1 aromatic rings. The van der Waals surface area contributed by atoms with E-state index >= 15 is 0 Å². The second-order valence-corrected chi connectivity index (χ2v) is 7.12. The van der Waals surface area contributed by atoms with E-state index in [1.807, 2.05) is 4.90 Å². The van der Waals surface area contributed by atoms with Gasteiger partial charge in [-0.15, -0.1) is 0 Å². The lowest BCUT2D eigenvalue weighted by atomic mass is 10.1. The third-order valence-corrected chi connectivity index (χ3v) is 5.28. The van der Waals surface area contributed by atoms with E-state index in [0.717, 1.165) is 58.6 Å². The maximum absolute atomic E-state index is 12.3. The van der Waals surface area contributed by atoms with E-state index < -0.39 is 0 Å². The Morgan fingerprint density at radius 1 is 1.20 bits per heavy atom. The first-order valence-electron chi connectivity index (χ1n) is 9.69. The Labute approximate surface area is 151 Å². The molecule has 2 aliphatic heterocycles. The van der Waals surface area contributed by atoms with Gasteiger partial charge in [0.25, 0.3) is 0 Å². The van der Waals surface area contributed by atoms with Crippen molar-refractivity contribution in [2.24, 2.45) is 0 Å². The standard InChI is InChI=1S/C20H31N3O2/c1-17-7-2-3-10-19(17)22-12-14-23(15-13-22)20(24)21-11-5-4-8-18-9-6-16-25-18/h2-3,7,10,18H,4-6,8-9,11-16H2,1H3,(H,21,24)/t18-/m1/s1. The Balaban J connectivity index is 1.32. The second kappa shape index (κ2) is 9.09. The minimum Gasteiger partial charge on any atom is -0.378 e. The normalized spacial score (nSPS) is 20.8. The third kappa shape index (κ3) is 5.11. The van der Waals surface area contributed by atoms with E-state index in [-0.39, 0.29) is 6.03 Å². The maximum atomic E-state index is 12.3. The molecule has 0 saturated carbocycles. The summed E-state index contributed by atoms with van der Waals surface area (Å²) in [6.45, 7) is 7.21. The van der Waals surface area contributed by atoms with Gasteiger partial charge >= 0.3 is 6.03 Å². The highest BCUT2D eigenvalue weighted by atomic mass is 16.5. The van der Waals surface area contributed by atoms with Crippen LogP contribution in [0.15, 0.2) is 24.3 Å². The first kappa shape index (κ1) is 18.1. The zero-order valence-corrected chi connectivity index (χ0v) is 15.4. The minimum atomic E-state index is 0.0848. The SMILES string of the molecule is Cc1ccccc1N1CCN(C(=O)NCCCC[C@@H]2CCCO2)CC1. The predicted molar refractivity (Wildman–Crippen MR) is 101 cm³/mol. The lowest BCUT2D eigenvalue weighted by Gasteiger charge is -2.36. The molecular weight excluding hydrogens is 314 g/mol. The van der Waals surface area contributed by atoms with Crippen molar-refractivity contribution in [3.63, 3.8) is 0 Å². The highest BCUT2D eigenvalue weighted by Gasteiger charge is 2.21. The molecule has 138 valence electrons. The van der Waals surface area contributed by atoms with Crippen molar-refractivity contribution in [3.05, 3.63) is 29.8 Å². The summed E-state index contributed by atoms with van der Waals surface area (Å²) in [6, 6.07) is 8.55. The van der Waals surface area contributed by atoms with Gasteiger partial charge in [0.1, 0.15) is 0 Å². The molecule has 2 heterocycles. The first-order valence-corrected chi connectivity index (χ1v) is 9.69. The van der Waals surface area contributed by atoms with Crippen LogP contribution in [0.1, 0.15) is 37.7 Å². The number of ether oxygens (including phenoxy) is 1. The van der Waals surface area contributed by atoms with Gasteiger partial charge in [-0.1, -0.05) is 18.2 Å². The van der Waals surface area contributed by atoms with Crippen molar-refractivity contribution in [2.75, 3.05) is 44.2 Å². The third-order valence-electron chi connectivity index (χ3n) is 5.28. The molecule has 0 unspecified atom stereocenters. The van der Waals surface area contributed by atoms with Crippen molar-refractivity contribution >= 4 is 11.7 Å². The number of hydrogen-bond donors (Lipinski definition) is 1. The van der Waals surface area contributed by atoms with E-state index in [1.165, 1.54) is 24.1 Å². The van der Waals surface area contributed by atoms with Crippen LogP contribution in [-0.4, -0.2) is 56.4 Å². The average Bonchev–Trinajstić information content (AvgIpc) is 3.15. The van der Waals surface area contributed by atoms with E-state index in [2.05, 4.69) is 41.4 Å². The molecule has 1 aromatic carbocycles. The van der Waals surface area contributed by atoms with Gasteiger partial charge in [0.15, 0.2) is 0 Å². The van der Waals surface area contributed by atoms with Crippen LogP contribution in [0, 0.1) is 6.92 Å². The number of urea groups is 1. The topological polar surface area (TPSA) is 44.8 Å². The number of nitrogens with one attached hydrogen (secondary N) is 1. The van der Waals surface area contributed by atoms with E-state index in [0.29, 0.717) is 6.10 Å². The Morgan fingerprint density at radius 3 is 2.72 bits per heavy atom. The molecule has 0 aliphatic carbocycles. The fourth-order valence-electron chi connectivity index (χ4n) is 3.74. The van der Waals surface area contributed by atoms with Gasteiger partial charge in [-0.2, -0.15) is 0 Å². The van der Waals surface area contributed by atoms with Crippen molar-refractivity contribution in [1.29, 1.82) is 0 Å². The smallest absolute Gasteiger partial charge is 0.317 e. The van der Waals surface area contributed by atoms with Gasteiger partial charge in [-0.25, -0.2) is 4.79 Å². The Bertz CT molecular complexity index is 550. The van der Waals surface area contributed by atoms with Crippen LogP contribution in [0.5, 0.6) is 0 Å². The molecule has 0 radical (unpaired) electrons. The fourth-order valence-corrected chi connectivity index (χ4v) is 3.74. The molecular formula is C20H31N3O2. The number of carbonyl (C=O) groups is 1. The number of piperazine rings is 1. The summed E-state index contributed by atoms with van der Waals surface area (Å²) in [5, 5.41) is 3.07. The Hall–Kier alpha value is -1.75. The number of hydrogen-bond acceptors (Lipinski definition) is 3. The molecule has 1 N–H and O–H groups in total. The number of anilines is 1. The van der Waals surface area contributed by atoms with Crippen molar-refractivity contribution in [2.45, 2.75) is 45.1 Å². The highest BCUT2D eigenvalue weighted by molar-refractivity contribution is 5.74. The van der Waals surface area contributed by atoms with Gasteiger partial charge in [0.05, 0.1) is 6.10 Å². The van der Waals surface area contributed by atoms with Crippen LogP contribution in [-0.2, 0) is 4.74 Å². The summed E-state index contributed by atoms with van der Waals surface area (Å²) >= 11 is 0. The number of amides is 2. The number of para-hydroxylation sites is 1. The molecule has 3 rings (SSSR count). The molecule has 5 nitrogen and oxygen atoms in total. The van der Waals surface area contributed by atoms with Gasteiger partial charge in [0, 0.05) is 45.0 Å². The summed E-state index contributed by atoms with van der Waals surface area (Å²) in [4.78, 5) is 16.6. The molecule has 2 amide bonds. The summed E-state index contributed by atoms with van der Waals surface area (Å²) in [7, 11) is 0.